The monoisotopic (exact) mass is 533 g/mol. The van der Waals surface area contributed by atoms with E-state index in [1.807, 2.05) is 38.1 Å². The van der Waals surface area contributed by atoms with Crippen LogP contribution in [0.1, 0.15) is 84.0 Å². The minimum absolute atomic E-state index is 0.332. The van der Waals surface area contributed by atoms with Crippen LogP contribution in [0.15, 0.2) is 48.5 Å². The number of benzene rings is 2. The van der Waals surface area contributed by atoms with Gasteiger partial charge in [0.15, 0.2) is 0 Å². The first-order valence-corrected chi connectivity index (χ1v) is 13.5. The third-order valence-corrected chi connectivity index (χ3v) is 6.34. The maximum absolute atomic E-state index is 14.1. The Morgan fingerprint density at radius 3 is 2.18 bits per heavy atom. The van der Waals surface area contributed by atoms with Crippen molar-refractivity contribution in [3.63, 3.8) is 0 Å². The third-order valence-electron chi connectivity index (χ3n) is 6.34. The largest absolute Gasteiger partial charge is 0.444 e. The summed E-state index contributed by atoms with van der Waals surface area (Å²) in [5.74, 6) is 2.27. The first-order valence-electron chi connectivity index (χ1n) is 13.5. The molecular formula is C32H43N3O4. The Morgan fingerprint density at radius 1 is 0.974 bits per heavy atom. The molecule has 2 aromatic rings. The van der Waals surface area contributed by atoms with E-state index >= 15 is 0 Å². The number of ether oxygens (including phenoxy) is 1. The third kappa shape index (κ3) is 9.17. The Bertz CT molecular complexity index is 1190. The van der Waals surface area contributed by atoms with E-state index in [0.717, 1.165) is 12.0 Å². The van der Waals surface area contributed by atoms with Crippen molar-refractivity contribution in [2.24, 2.45) is 5.92 Å². The number of carbonyl (C=O) groups excluding carboxylic acids is 3. The zero-order valence-electron chi connectivity index (χ0n) is 24.5. The highest BCUT2D eigenvalue weighted by atomic mass is 16.6. The van der Waals surface area contributed by atoms with E-state index in [4.69, 9.17) is 11.2 Å². The van der Waals surface area contributed by atoms with Crippen LogP contribution in [-0.4, -0.2) is 40.5 Å². The summed E-state index contributed by atoms with van der Waals surface area (Å²) in [6, 6.07) is 12.3. The van der Waals surface area contributed by atoms with Gasteiger partial charge in [-0.1, -0.05) is 56.2 Å². The Morgan fingerprint density at radius 2 is 1.59 bits per heavy atom. The lowest BCUT2D eigenvalue weighted by molar-refractivity contribution is -0.143. The second-order valence-electron chi connectivity index (χ2n) is 11.4. The average molecular weight is 534 g/mol. The van der Waals surface area contributed by atoms with Crippen LogP contribution in [0.2, 0.25) is 0 Å². The van der Waals surface area contributed by atoms with Crippen molar-refractivity contribution in [2.75, 3.05) is 5.32 Å². The summed E-state index contributed by atoms with van der Waals surface area (Å²) < 4.78 is 5.37. The number of anilines is 1. The fourth-order valence-electron chi connectivity index (χ4n) is 4.28. The number of hydrogen-bond donors (Lipinski definition) is 2. The standard InChI is InChI=1S/C32H43N3O4/c1-10-25-16-12-13-17-26(25)28(29(36)34-27-18-14-11-15-22(27)4)35(23(5)20-19-21(2)3)30(37)24(6)33-31(38)39-32(7,8)9/h1,11-18,21,23-24,28H,19-20H2,2-9H3,(H,33,38)(H,34,36). The number of terminal acetylenes is 1. The van der Waals surface area contributed by atoms with Crippen molar-refractivity contribution in [1.82, 2.24) is 10.2 Å². The summed E-state index contributed by atoms with van der Waals surface area (Å²) in [7, 11) is 0. The molecule has 39 heavy (non-hydrogen) atoms. The van der Waals surface area contributed by atoms with Crippen molar-refractivity contribution in [3.05, 3.63) is 65.2 Å². The quantitative estimate of drug-likeness (QED) is 0.355. The van der Waals surface area contributed by atoms with Gasteiger partial charge in [-0.25, -0.2) is 4.79 Å². The SMILES string of the molecule is C#Cc1ccccc1C(C(=O)Nc1ccccc1C)N(C(=O)C(C)NC(=O)OC(C)(C)C)C(C)CCC(C)C. The number of carbonyl (C=O) groups is 3. The molecule has 0 aliphatic heterocycles. The van der Waals surface area contributed by atoms with Gasteiger partial charge in [-0.15, -0.1) is 6.42 Å². The number of alkyl carbamates (subject to hydrolysis) is 1. The molecular weight excluding hydrogens is 490 g/mol. The minimum atomic E-state index is -1.03. The van der Waals surface area contributed by atoms with Gasteiger partial charge in [-0.05, 0) is 83.6 Å². The lowest BCUT2D eigenvalue weighted by Crippen LogP contribution is -2.54. The van der Waals surface area contributed by atoms with Crippen LogP contribution in [0.3, 0.4) is 0 Å². The molecule has 2 aromatic carbocycles. The molecule has 0 fully saturated rings. The zero-order valence-corrected chi connectivity index (χ0v) is 24.5. The Kier molecular flexibility index (Phi) is 11.2. The van der Waals surface area contributed by atoms with Gasteiger partial charge in [0, 0.05) is 17.3 Å². The summed E-state index contributed by atoms with van der Waals surface area (Å²) in [5, 5.41) is 5.66. The number of amides is 3. The zero-order chi connectivity index (χ0) is 29.3. The van der Waals surface area contributed by atoms with E-state index < -0.39 is 29.7 Å². The lowest BCUT2D eigenvalue weighted by atomic mass is 9.94. The van der Waals surface area contributed by atoms with E-state index in [9.17, 15) is 14.4 Å². The fourth-order valence-corrected chi connectivity index (χ4v) is 4.28. The number of rotatable bonds is 10. The summed E-state index contributed by atoms with van der Waals surface area (Å²) in [4.78, 5) is 42.2. The molecule has 0 aliphatic carbocycles. The molecule has 0 saturated heterocycles. The molecule has 0 saturated carbocycles. The highest BCUT2D eigenvalue weighted by molar-refractivity contribution is 5.99. The summed E-state index contributed by atoms with van der Waals surface area (Å²) >= 11 is 0. The molecule has 0 aliphatic rings. The predicted octanol–water partition coefficient (Wildman–Crippen LogP) is 6.22. The molecule has 210 valence electrons. The molecule has 0 aromatic heterocycles. The number of nitrogens with one attached hydrogen (secondary N) is 2. The second-order valence-corrected chi connectivity index (χ2v) is 11.4. The fraction of sp³-hybridized carbons (Fsp3) is 0.469. The summed E-state index contributed by atoms with van der Waals surface area (Å²) in [6.07, 6.45) is 6.65. The number of hydrogen-bond acceptors (Lipinski definition) is 4. The topological polar surface area (TPSA) is 87.7 Å². The van der Waals surface area contributed by atoms with Crippen molar-refractivity contribution < 1.29 is 19.1 Å². The van der Waals surface area contributed by atoms with Crippen LogP contribution in [0.25, 0.3) is 0 Å². The Hall–Kier alpha value is -3.79. The van der Waals surface area contributed by atoms with Crippen molar-refractivity contribution >= 4 is 23.6 Å². The predicted molar refractivity (Wildman–Crippen MR) is 156 cm³/mol. The van der Waals surface area contributed by atoms with E-state index in [1.165, 1.54) is 0 Å². The second kappa shape index (κ2) is 13.8. The van der Waals surface area contributed by atoms with Gasteiger partial charge in [-0.2, -0.15) is 0 Å². The molecule has 3 atom stereocenters. The smallest absolute Gasteiger partial charge is 0.408 e. The van der Waals surface area contributed by atoms with Crippen LogP contribution in [0, 0.1) is 25.2 Å². The summed E-state index contributed by atoms with van der Waals surface area (Å²) in [5.41, 5.74) is 1.87. The van der Waals surface area contributed by atoms with E-state index in [2.05, 4.69) is 30.4 Å². The van der Waals surface area contributed by atoms with Crippen LogP contribution >= 0.6 is 0 Å². The van der Waals surface area contributed by atoms with Gasteiger partial charge >= 0.3 is 6.09 Å². The molecule has 2 N–H and O–H groups in total. The molecule has 3 amide bonds. The van der Waals surface area contributed by atoms with Crippen LogP contribution in [-0.2, 0) is 14.3 Å². The van der Waals surface area contributed by atoms with Gasteiger partial charge in [0.25, 0.3) is 5.91 Å². The Balaban J connectivity index is 2.59. The number of aryl methyl sites for hydroxylation is 1. The van der Waals surface area contributed by atoms with Gasteiger partial charge in [0.05, 0.1) is 0 Å². The molecule has 7 nitrogen and oxygen atoms in total. The lowest BCUT2D eigenvalue weighted by Gasteiger charge is -2.38. The van der Waals surface area contributed by atoms with E-state index in [-0.39, 0.29) is 11.9 Å². The van der Waals surface area contributed by atoms with E-state index in [0.29, 0.717) is 29.2 Å². The number of nitrogens with zero attached hydrogens (tertiary/aromatic N) is 1. The molecule has 2 rings (SSSR count). The Labute approximate surface area is 233 Å². The highest BCUT2D eigenvalue weighted by Crippen LogP contribution is 2.31. The van der Waals surface area contributed by atoms with Crippen molar-refractivity contribution in [1.29, 1.82) is 0 Å². The minimum Gasteiger partial charge on any atom is -0.444 e. The van der Waals surface area contributed by atoms with Gasteiger partial charge in [-0.3, -0.25) is 9.59 Å². The van der Waals surface area contributed by atoms with Gasteiger partial charge < -0.3 is 20.3 Å². The molecule has 3 unspecified atom stereocenters. The summed E-state index contributed by atoms with van der Waals surface area (Å²) in [6.45, 7) is 14.9. The maximum atomic E-state index is 14.1. The average Bonchev–Trinajstić information content (AvgIpc) is 2.85. The van der Waals surface area contributed by atoms with Gasteiger partial charge in [0.2, 0.25) is 5.91 Å². The van der Waals surface area contributed by atoms with Gasteiger partial charge in [0.1, 0.15) is 17.7 Å². The van der Waals surface area contributed by atoms with E-state index in [1.54, 1.807) is 56.9 Å². The van der Waals surface area contributed by atoms with Crippen molar-refractivity contribution in [3.8, 4) is 12.3 Å². The molecule has 0 radical (unpaired) electrons. The maximum Gasteiger partial charge on any atom is 0.408 e. The number of para-hydroxylation sites is 1. The first kappa shape index (κ1) is 31.4. The van der Waals surface area contributed by atoms with Crippen LogP contribution < -0.4 is 10.6 Å². The molecule has 7 heteroatoms. The molecule has 0 spiro atoms. The molecule has 0 heterocycles. The highest BCUT2D eigenvalue weighted by Gasteiger charge is 2.38. The first-order chi connectivity index (χ1) is 18.2. The van der Waals surface area contributed by atoms with Crippen molar-refractivity contribution in [2.45, 2.75) is 92.0 Å². The van der Waals surface area contributed by atoms with Crippen LogP contribution in [0.4, 0.5) is 10.5 Å². The van der Waals surface area contributed by atoms with Crippen LogP contribution in [0.5, 0.6) is 0 Å². The normalized spacial score (nSPS) is 13.5. The molecule has 0 bridgehead atoms.